The average molecular weight is 331 g/mol. The largest absolute Gasteiger partial charge is 0.352 e. The molecule has 22 heavy (non-hydrogen) atoms. The van der Waals surface area contributed by atoms with Crippen LogP contribution in [-0.2, 0) is 0 Å². The highest BCUT2D eigenvalue weighted by Gasteiger charge is 2.25. The summed E-state index contributed by atoms with van der Waals surface area (Å²) in [6.45, 7) is 2.22. The van der Waals surface area contributed by atoms with Crippen molar-refractivity contribution < 1.29 is 13.6 Å². The Morgan fingerprint density at radius 2 is 1.86 bits per heavy atom. The Balaban J connectivity index is 0.00000176. The number of amides is 1. The molecule has 2 aliphatic rings. The number of benzene rings is 1. The number of hydrogen-bond acceptors (Lipinski definition) is 2. The Bertz CT molecular complexity index is 543. The summed E-state index contributed by atoms with van der Waals surface area (Å²) >= 11 is 0. The molecule has 1 aliphatic carbocycles. The normalized spacial score (nSPS) is 18.6. The zero-order valence-corrected chi connectivity index (χ0v) is 13.1. The molecular weight excluding hydrogens is 310 g/mol. The molecule has 0 radical (unpaired) electrons. The second-order valence-corrected chi connectivity index (χ2v) is 6.04. The van der Waals surface area contributed by atoms with Gasteiger partial charge in [0.2, 0.25) is 0 Å². The van der Waals surface area contributed by atoms with Gasteiger partial charge in [0.1, 0.15) is 0 Å². The number of carbonyl (C=O) groups is 1. The highest BCUT2D eigenvalue weighted by Crippen LogP contribution is 2.30. The fraction of sp³-hybridized carbons (Fsp3) is 0.562. The van der Waals surface area contributed by atoms with E-state index in [0.29, 0.717) is 18.0 Å². The molecule has 6 heteroatoms. The first-order chi connectivity index (χ1) is 10.1. The molecule has 122 valence electrons. The highest BCUT2D eigenvalue weighted by atomic mass is 35.5. The molecule has 1 amide bonds. The van der Waals surface area contributed by atoms with Crippen LogP contribution in [0.1, 0.15) is 47.5 Å². The molecule has 3 nitrogen and oxygen atoms in total. The fourth-order valence-electron chi connectivity index (χ4n) is 2.83. The van der Waals surface area contributed by atoms with Crippen molar-refractivity contribution in [3.63, 3.8) is 0 Å². The molecular formula is C16H21ClF2N2O. The summed E-state index contributed by atoms with van der Waals surface area (Å²) in [7, 11) is 0. The van der Waals surface area contributed by atoms with Crippen LogP contribution in [0.5, 0.6) is 0 Å². The van der Waals surface area contributed by atoms with Gasteiger partial charge >= 0.3 is 0 Å². The van der Waals surface area contributed by atoms with E-state index in [4.69, 9.17) is 0 Å². The van der Waals surface area contributed by atoms with Crippen molar-refractivity contribution in [3.8, 4) is 0 Å². The van der Waals surface area contributed by atoms with Gasteiger partial charge in [0.15, 0.2) is 11.6 Å². The van der Waals surface area contributed by atoms with Gasteiger partial charge in [0.25, 0.3) is 5.91 Å². The second kappa shape index (κ2) is 7.38. The lowest BCUT2D eigenvalue weighted by atomic mass is 9.88. The summed E-state index contributed by atoms with van der Waals surface area (Å²) in [5.74, 6) is -1.50. The molecule has 1 saturated heterocycles. The maximum atomic E-state index is 14.0. The minimum absolute atomic E-state index is 0. The first-order valence-electron chi connectivity index (χ1n) is 7.63. The van der Waals surface area contributed by atoms with Gasteiger partial charge in [-0.15, -0.1) is 12.4 Å². The predicted octanol–water partition coefficient (Wildman–Crippen LogP) is 2.99. The Morgan fingerprint density at radius 3 is 2.50 bits per heavy atom. The molecule has 1 saturated carbocycles. The minimum atomic E-state index is -0.928. The standard InChI is InChI=1S/C16H20F2N2O.ClH/c17-14-8-12(16(21)20-9-10-1-2-10)7-13(15(14)18)11-3-5-19-6-4-11;/h7-8,10-11,19H,1-6,9H2,(H,20,21);1H. The Labute approximate surface area is 135 Å². The van der Waals surface area contributed by atoms with Gasteiger partial charge in [-0.1, -0.05) is 0 Å². The summed E-state index contributed by atoms with van der Waals surface area (Å²) in [6, 6.07) is 2.53. The smallest absolute Gasteiger partial charge is 0.251 e. The van der Waals surface area contributed by atoms with Crippen LogP contribution in [0, 0.1) is 17.6 Å². The van der Waals surface area contributed by atoms with Crippen molar-refractivity contribution >= 4 is 18.3 Å². The van der Waals surface area contributed by atoms with Crippen molar-refractivity contribution in [1.82, 2.24) is 10.6 Å². The summed E-state index contributed by atoms with van der Waals surface area (Å²) in [6.07, 6.45) is 3.81. The molecule has 0 atom stereocenters. The number of piperidine rings is 1. The molecule has 0 aromatic heterocycles. The molecule has 1 aromatic carbocycles. The maximum Gasteiger partial charge on any atom is 0.251 e. The van der Waals surface area contributed by atoms with Gasteiger partial charge in [-0.2, -0.15) is 0 Å². The molecule has 0 spiro atoms. The van der Waals surface area contributed by atoms with Crippen LogP contribution in [0.15, 0.2) is 12.1 Å². The van der Waals surface area contributed by atoms with Crippen molar-refractivity contribution in [1.29, 1.82) is 0 Å². The van der Waals surface area contributed by atoms with Crippen molar-refractivity contribution in [3.05, 3.63) is 34.9 Å². The first kappa shape index (κ1) is 17.2. The third-order valence-electron chi connectivity index (χ3n) is 4.35. The van der Waals surface area contributed by atoms with E-state index in [9.17, 15) is 13.6 Å². The monoisotopic (exact) mass is 330 g/mol. The van der Waals surface area contributed by atoms with E-state index in [2.05, 4.69) is 10.6 Å². The van der Waals surface area contributed by atoms with E-state index in [1.54, 1.807) is 0 Å². The molecule has 0 unspecified atom stereocenters. The second-order valence-electron chi connectivity index (χ2n) is 6.04. The van der Waals surface area contributed by atoms with Gasteiger partial charge in [-0.3, -0.25) is 4.79 Å². The van der Waals surface area contributed by atoms with Crippen LogP contribution in [-0.4, -0.2) is 25.5 Å². The number of rotatable bonds is 4. The molecule has 1 aliphatic heterocycles. The third-order valence-corrected chi connectivity index (χ3v) is 4.35. The number of hydrogen-bond donors (Lipinski definition) is 2. The third kappa shape index (κ3) is 3.96. The lowest BCUT2D eigenvalue weighted by Gasteiger charge is -2.24. The van der Waals surface area contributed by atoms with E-state index in [0.717, 1.165) is 44.8 Å². The van der Waals surface area contributed by atoms with Crippen LogP contribution in [0.25, 0.3) is 0 Å². The van der Waals surface area contributed by atoms with Gasteiger partial charge in [-0.25, -0.2) is 8.78 Å². The number of halogens is 3. The van der Waals surface area contributed by atoms with Crippen LogP contribution in [0.3, 0.4) is 0 Å². The summed E-state index contributed by atoms with van der Waals surface area (Å²) in [5, 5.41) is 6.00. The molecule has 3 rings (SSSR count). The zero-order chi connectivity index (χ0) is 14.8. The van der Waals surface area contributed by atoms with E-state index >= 15 is 0 Å². The highest BCUT2D eigenvalue weighted by molar-refractivity contribution is 5.94. The number of carbonyl (C=O) groups excluding carboxylic acids is 1. The zero-order valence-electron chi connectivity index (χ0n) is 12.3. The van der Waals surface area contributed by atoms with Gasteiger partial charge < -0.3 is 10.6 Å². The lowest BCUT2D eigenvalue weighted by molar-refractivity contribution is 0.0951. The number of nitrogens with one attached hydrogen (secondary N) is 2. The average Bonchev–Trinajstić information content (AvgIpc) is 3.32. The lowest BCUT2D eigenvalue weighted by Crippen LogP contribution is -2.28. The minimum Gasteiger partial charge on any atom is -0.352 e. The maximum absolute atomic E-state index is 14.0. The van der Waals surface area contributed by atoms with Crippen molar-refractivity contribution in [2.24, 2.45) is 5.92 Å². The van der Waals surface area contributed by atoms with Gasteiger partial charge in [0.05, 0.1) is 0 Å². The molecule has 2 fully saturated rings. The van der Waals surface area contributed by atoms with Crippen molar-refractivity contribution in [2.45, 2.75) is 31.6 Å². The summed E-state index contributed by atoms with van der Waals surface area (Å²) < 4.78 is 27.8. The molecule has 1 heterocycles. The van der Waals surface area contributed by atoms with E-state index in [1.807, 2.05) is 0 Å². The van der Waals surface area contributed by atoms with E-state index in [-0.39, 0.29) is 29.8 Å². The van der Waals surface area contributed by atoms with E-state index in [1.165, 1.54) is 6.07 Å². The van der Waals surface area contributed by atoms with E-state index < -0.39 is 11.6 Å². The first-order valence-corrected chi connectivity index (χ1v) is 7.63. The van der Waals surface area contributed by atoms with Crippen molar-refractivity contribution in [2.75, 3.05) is 19.6 Å². The Morgan fingerprint density at radius 1 is 1.18 bits per heavy atom. The van der Waals surface area contributed by atoms with Crippen LogP contribution < -0.4 is 10.6 Å². The van der Waals surface area contributed by atoms with Crippen LogP contribution >= 0.6 is 12.4 Å². The van der Waals surface area contributed by atoms with Crippen LogP contribution in [0.4, 0.5) is 8.78 Å². The Hall–Kier alpha value is -1.20. The summed E-state index contributed by atoms with van der Waals surface area (Å²) in [5.41, 5.74) is 0.566. The van der Waals surface area contributed by atoms with Gasteiger partial charge in [0, 0.05) is 12.1 Å². The van der Waals surface area contributed by atoms with Crippen LogP contribution in [0.2, 0.25) is 0 Å². The quantitative estimate of drug-likeness (QED) is 0.891. The molecule has 0 bridgehead atoms. The van der Waals surface area contributed by atoms with Gasteiger partial charge in [-0.05, 0) is 68.3 Å². The Kier molecular flexibility index (Phi) is 5.75. The SMILES string of the molecule is Cl.O=C(NCC1CC1)c1cc(F)c(F)c(C2CCNCC2)c1. The molecule has 1 aromatic rings. The summed E-state index contributed by atoms with van der Waals surface area (Å²) in [4.78, 5) is 12.1. The topological polar surface area (TPSA) is 41.1 Å². The fourth-order valence-corrected chi connectivity index (χ4v) is 2.83. The molecule has 2 N–H and O–H groups in total. The predicted molar refractivity (Wildman–Crippen MR) is 83.5 cm³/mol.